The first-order chi connectivity index (χ1) is 10.1. The third kappa shape index (κ3) is 2.73. The average Bonchev–Trinajstić information content (AvgIpc) is 2.53. The van der Waals surface area contributed by atoms with Gasteiger partial charge in [0.05, 0.1) is 11.6 Å². The average molecular weight is 277 g/mol. The van der Waals surface area contributed by atoms with Gasteiger partial charge in [-0.05, 0) is 41.5 Å². The fourth-order valence-corrected chi connectivity index (χ4v) is 2.48. The van der Waals surface area contributed by atoms with E-state index in [1.54, 1.807) is 0 Å². The smallest absolute Gasteiger partial charge is 0.0702 e. The van der Waals surface area contributed by atoms with Gasteiger partial charge in [0, 0.05) is 31.4 Å². The molecule has 3 rings (SSSR count). The topological polar surface area (TPSA) is 42.1 Å². The third-order valence-corrected chi connectivity index (χ3v) is 3.73. The van der Waals surface area contributed by atoms with Crippen LogP contribution in [0.5, 0.6) is 0 Å². The standard InChI is InChI=1S/C18H19N3/c1-21(2)16-7-3-5-14(12-16)18(19)15-8-9-17-13(11-15)6-4-10-20-17/h3-12,18H,19H2,1-2H3. The molecule has 0 amide bonds. The lowest BCUT2D eigenvalue weighted by Crippen LogP contribution is -2.14. The first-order valence-corrected chi connectivity index (χ1v) is 7.03. The van der Waals surface area contributed by atoms with Crippen molar-refractivity contribution >= 4 is 16.6 Å². The first-order valence-electron chi connectivity index (χ1n) is 7.03. The van der Waals surface area contributed by atoms with Crippen molar-refractivity contribution < 1.29 is 0 Å². The summed E-state index contributed by atoms with van der Waals surface area (Å²) in [6, 6.07) is 18.4. The van der Waals surface area contributed by atoms with E-state index in [-0.39, 0.29) is 6.04 Å². The van der Waals surface area contributed by atoms with Crippen LogP contribution in [0.25, 0.3) is 10.9 Å². The van der Waals surface area contributed by atoms with Crippen molar-refractivity contribution in [3.8, 4) is 0 Å². The van der Waals surface area contributed by atoms with Crippen molar-refractivity contribution in [1.82, 2.24) is 4.98 Å². The van der Waals surface area contributed by atoms with E-state index in [1.165, 1.54) is 0 Å². The fraction of sp³-hybridized carbons (Fsp3) is 0.167. The predicted octanol–water partition coefficient (Wildman–Crippen LogP) is 3.35. The van der Waals surface area contributed by atoms with Crippen LogP contribution >= 0.6 is 0 Å². The lowest BCUT2D eigenvalue weighted by molar-refractivity contribution is 0.872. The molecular formula is C18H19N3. The Morgan fingerprint density at radius 1 is 0.952 bits per heavy atom. The molecule has 1 heterocycles. The van der Waals surface area contributed by atoms with Gasteiger partial charge >= 0.3 is 0 Å². The molecule has 0 aliphatic carbocycles. The summed E-state index contributed by atoms with van der Waals surface area (Å²) in [5.74, 6) is 0. The van der Waals surface area contributed by atoms with Gasteiger partial charge in [-0.25, -0.2) is 0 Å². The van der Waals surface area contributed by atoms with E-state index in [1.807, 2.05) is 38.5 Å². The number of anilines is 1. The molecule has 3 nitrogen and oxygen atoms in total. The van der Waals surface area contributed by atoms with Gasteiger partial charge in [-0.3, -0.25) is 4.98 Å². The zero-order chi connectivity index (χ0) is 14.8. The zero-order valence-corrected chi connectivity index (χ0v) is 12.3. The zero-order valence-electron chi connectivity index (χ0n) is 12.3. The van der Waals surface area contributed by atoms with Gasteiger partial charge in [-0.15, -0.1) is 0 Å². The second-order valence-corrected chi connectivity index (χ2v) is 5.42. The highest BCUT2D eigenvalue weighted by atomic mass is 15.1. The van der Waals surface area contributed by atoms with Crippen molar-refractivity contribution in [2.75, 3.05) is 19.0 Å². The molecule has 0 radical (unpaired) electrons. The van der Waals surface area contributed by atoms with Crippen LogP contribution in [0, 0.1) is 0 Å². The van der Waals surface area contributed by atoms with Crippen LogP contribution in [0.1, 0.15) is 17.2 Å². The number of fused-ring (bicyclic) bond motifs is 1. The highest BCUT2D eigenvalue weighted by Gasteiger charge is 2.10. The number of hydrogen-bond donors (Lipinski definition) is 1. The summed E-state index contributed by atoms with van der Waals surface area (Å²) in [4.78, 5) is 6.43. The molecule has 106 valence electrons. The van der Waals surface area contributed by atoms with Crippen LogP contribution in [0.3, 0.4) is 0 Å². The van der Waals surface area contributed by atoms with Gasteiger partial charge in [-0.2, -0.15) is 0 Å². The predicted molar refractivity (Wildman–Crippen MR) is 88.5 cm³/mol. The summed E-state index contributed by atoms with van der Waals surface area (Å²) < 4.78 is 0. The van der Waals surface area contributed by atoms with Crippen LogP contribution in [0.4, 0.5) is 5.69 Å². The summed E-state index contributed by atoms with van der Waals surface area (Å²) in [6.45, 7) is 0. The summed E-state index contributed by atoms with van der Waals surface area (Å²) >= 11 is 0. The van der Waals surface area contributed by atoms with Crippen molar-refractivity contribution in [2.24, 2.45) is 5.73 Å². The molecule has 0 bridgehead atoms. The minimum Gasteiger partial charge on any atom is -0.378 e. The molecular weight excluding hydrogens is 258 g/mol. The van der Waals surface area contributed by atoms with Crippen molar-refractivity contribution in [3.63, 3.8) is 0 Å². The molecule has 0 aliphatic heterocycles. The molecule has 0 saturated carbocycles. The lowest BCUT2D eigenvalue weighted by Gasteiger charge is -2.17. The van der Waals surface area contributed by atoms with E-state index in [0.29, 0.717) is 0 Å². The Morgan fingerprint density at radius 2 is 1.76 bits per heavy atom. The molecule has 21 heavy (non-hydrogen) atoms. The molecule has 0 saturated heterocycles. The molecule has 0 fully saturated rings. The Bertz CT molecular complexity index is 765. The van der Waals surface area contributed by atoms with Crippen LogP contribution in [0.15, 0.2) is 60.8 Å². The van der Waals surface area contributed by atoms with Crippen LogP contribution in [-0.4, -0.2) is 19.1 Å². The summed E-state index contributed by atoms with van der Waals surface area (Å²) in [5, 5.41) is 1.12. The number of aromatic nitrogens is 1. The molecule has 1 aromatic heterocycles. The Labute approximate surface area is 125 Å². The van der Waals surface area contributed by atoms with Crippen LogP contribution in [0.2, 0.25) is 0 Å². The summed E-state index contributed by atoms with van der Waals surface area (Å²) in [7, 11) is 4.07. The van der Waals surface area contributed by atoms with Gasteiger partial charge in [0.25, 0.3) is 0 Å². The SMILES string of the molecule is CN(C)c1cccc(C(N)c2ccc3ncccc3c2)c1. The Hall–Kier alpha value is -2.39. The first kappa shape index (κ1) is 13.6. The molecule has 2 aromatic carbocycles. The van der Waals surface area contributed by atoms with Gasteiger partial charge in [0.2, 0.25) is 0 Å². The van der Waals surface area contributed by atoms with E-state index in [0.717, 1.165) is 27.7 Å². The largest absolute Gasteiger partial charge is 0.378 e. The molecule has 3 aromatic rings. The van der Waals surface area contributed by atoms with Crippen molar-refractivity contribution in [2.45, 2.75) is 6.04 Å². The Kier molecular flexibility index (Phi) is 3.59. The highest BCUT2D eigenvalue weighted by Crippen LogP contribution is 2.25. The number of hydrogen-bond acceptors (Lipinski definition) is 3. The monoisotopic (exact) mass is 277 g/mol. The Morgan fingerprint density at radius 3 is 2.57 bits per heavy atom. The Balaban J connectivity index is 1.99. The minimum absolute atomic E-state index is 0.130. The quantitative estimate of drug-likeness (QED) is 0.798. The molecule has 0 aliphatic rings. The second-order valence-electron chi connectivity index (χ2n) is 5.42. The number of nitrogens with zero attached hydrogens (tertiary/aromatic N) is 2. The van der Waals surface area contributed by atoms with Crippen LogP contribution in [-0.2, 0) is 0 Å². The van der Waals surface area contributed by atoms with Crippen molar-refractivity contribution in [1.29, 1.82) is 0 Å². The highest BCUT2D eigenvalue weighted by molar-refractivity contribution is 5.79. The van der Waals surface area contributed by atoms with Gasteiger partial charge in [0.1, 0.15) is 0 Å². The normalized spacial score (nSPS) is 12.3. The van der Waals surface area contributed by atoms with Gasteiger partial charge < -0.3 is 10.6 Å². The lowest BCUT2D eigenvalue weighted by atomic mass is 9.97. The molecule has 3 heteroatoms. The van der Waals surface area contributed by atoms with Crippen molar-refractivity contribution in [3.05, 3.63) is 71.9 Å². The summed E-state index contributed by atoms with van der Waals surface area (Å²) in [5.41, 5.74) is 10.8. The van der Waals surface area contributed by atoms with E-state index >= 15 is 0 Å². The maximum atomic E-state index is 6.44. The number of pyridine rings is 1. The van der Waals surface area contributed by atoms with E-state index in [2.05, 4.69) is 46.3 Å². The maximum absolute atomic E-state index is 6.44. The van der Waals surface area contributed by atoms with Gasteiger partial charge in [-0.1, -0.05) is 24.3 Å². The fourth-order valence-electron chi connectivity index (χ4n) is 2.48. The summed E-state index contributed by atoms with van der Waals surface area (Å²) in [6.07, 6.45) is 1.81. The second kappa shape index (κ2) is 5.54. The third-order valence-electron chi connectivity index (χ3n) is 3.73. The molecule has 0 spiro atoms. The minimum atomic E-state index is -0.130. The molecule has 1 unspecified atom stereocenters. The number of nitrogens with two attached hydrogens (primary N) is 1. The van der Waals surface area contributed by atoms with Crippen LogP contribution < -0.4 is 10.6 Å². The molecule has 2 N–H and O–H groups in total. The van der Waals surface area contributed by atoms with Gasteiger partial charge in [0.15, 0.2) is 0 Å². The number of benzene rings is 2. The molecule has 1 atom stereocenters. The number of rotatable bonds is 3. The maximum Gasteiger partial charge on any atom is 0.0702 e. The van der Waals surface area contributed by atoms with E-state index in [9.17, 15) is 0 Å². The van der Waals surface area contributed by atoms with E-state index in [4.69, 9.17) is 5.73 Å². The van der Waals surface area contributed by atoms with E-state index < -0.39 is 0 Å².